The third kappa shape index (κ3) is 4.38. The molecule has 0 unspecified atom stereocenters. The third-order valence-corrected chi connectivity index (χ3v) is 5.27. The van der Waals surface area contributed by atoms with E-state index in [0.717, 1.165) is 22.8 Å². The van der Waals surface area contributed by atoms with Gasteiger partial charge in [-0.3, -0.25) is 4.79 Å². The molecule has 146 valence electrons. The molecule has 0 fully saturated rings. The van der Waals surface area contributed by atoms with Gasteiger partial charge in [-0.1, -0.05) is 23.0 Å². The Hall–Kier alpha value is -3.39. The molecular formula is C21H19N5O2S. The quantitative estimate of drug-likeness (QED) is 0.478. The van der Waals surface area contributed by atoms with Gasteiger partial charge in [-0.2, -0.15) is 5.10 Å². The average molecular weight is 405 g/mol. The van der Waals surface area contributed by atoms with E-state index in [2.05, 4.69) is 20.6 Å². The van der Waals surface area contributed by atoms with Crippen LogP contribution in [0.1, 0.15) is 27.5 Å². The summed E-state index contributed by atoms with van der Waals surface area (Å²) in [7, 11) is 0. The van der Waals surface area contributed by atoms with E-state index in [9.17, 15) is 4.79 Å². The molecule has 3 aromatic heterocycles. The number of aromatic nitrogens is 4. The number of pyridine rings is 1. The molecule has 4 rings (SSSR count). The topological polar surface area (TPSA) is 85.8 Å². The number of hydrogen-bond acceptors (Lipinski definition) is 6. The van der Waals surface area contributed by atoms with Gasteiger partial charge >= 0.3 is 0 Å². The van der Waals surface area contributed by atoms with Gasteiger partial charge in [0, 0.05) is 35.6 Å². The van der Waals surface area contributed by atoms with Crippen LogP contribution in [0.25, 0.3) is 5.69 Å². The van der Waals surface area contributed by atoms with Crippen molar-refractivity contribution >= 4 is 23.4 Å². The summed E-state index contributed by atoms with van der Waals surface area (Å²) in [5.74, 6) is 1.11. The van der Waals surface area contributed by atoms with Crippen molar-refractivity contribution in [2.24, 2.45) is 0 Å². The molecule has 3 heterocycles. The zero-order valence-electron chi connectivity index (χ0n) is 16.0. The highest BCUT2D eigenvalue weighted by Gasteiger charge is 2.14. The summed E-state index contributed by atoms with van der Waals surface area (Å²) in [5.41, 5.74) is 3.91. The lowest BCUT2D eigenvalue weighted by molar-refractivity contribution is 0.102. The van der Waals surface area contributed by atoms with Gasteiger partial charge in [-0.05, 0) is 50.2 Å². The Kier molecular flexibility index (Phi) is 5.44. The van der Waals surface area contributed by atoms with Gasteiger partial charge in [-0.15, -0.1) is 0 Å². The van der Waals surface area contributed by atoms with Gasteiger partial charge < -0.3 is 9.84 Å². The Bertz CT molecular complexity index is 1150. The largest absolute Gasteiger partial charge is 0.361 e. The van der Waals surface area contributed by atoms with Gasteiger partial charge in [0.1, 0.15) is 10.8 Å². The fourth-order valence-corrected chi connectivity index (χ4v) is 3.73. The summed E-state index contributed by atoms with van der Waals surface area (Å²) in [6.07, 6.45) is 3.42. The van der Waals surface area contributed by atoms with Crippen molar-refractivity contribution in [2.75, 3.05) is 5.32 Å². The lowest BCUT2D eigenvalue weighted by Crippen LogP contribution is -2.14. The van der Waals surface area contributed by atoms with Crippen LogP contribution in [-0.4, -0.2) is 25.8 Å². The molecule has 0 aliphatic carbocycles. The predicted octanol–water partition coefficient (Wildman–Crippen LogP) is 4.42. The Morgan fingerprint density at radius 3 is 2.79 bits per heavy atom. The monoisotopic (exact) mass is 405 g/mol. The van der Waals surface area contributed by atoms with Crippen molar-refractivity contribution in [3.8, 4) is 5.69 Å². The van der Waals surface area contributed by atoms with Gasteiger partial charge in [0.15, 0.2) is 0 Å². The standard InChI is InChI=1S/C21H19N5O2S/c1-14-8-10-23-26(14)18-6-3-5-16(12-18)24-20(27)19-7-4-9-22-21(19)29-13-17-11-15(2)28-25-17/h3-12H,13H2,1-2H3,(H,24,27). The number of carbonyl (C=O) groups is 1. The summed E-state index contributed by atoms with van der Waals surface area (Å²) in [6.45, 7) is 3.83. The highest BCUT2D eigenvalue weighted by Crippen LogP contribution is 2.25. The summed E-state index contributed by atoms with van der Waals surface area (Å²) in [5, 5.41) is 11.9. The van der Waals surface area contributed by atoms with Gasteiger partial charge in [0.2, 0.25) is 0 Å². The van der Waals surface area contributed by atoms with Gasteiger partial charge in [0.05, 0.1) is 16.9 Å². The van der Waals surface area contributed by atoms with E-state index in [1.165, 1.54) is 11.8 Å². The first-order valence-corrected chi connectivity index (χ1v) is 10.0. The normalized spacial score (nSPS) is 10.8. The number of amides is 1. The molecule has 0 atom stereocenters. The fourth-order valence-electron chi connectivity index (χ4n) is 2.86. The first kappa shape index (κ1) is 18.9. The highest BCUT2D eigenvalue weighted by atomic mass is 32.2. The molecule has 1 amide bonds. The Morgan fingerprint density at radius 1 is 1.14 bits per heavy atom. The molecule has 1 N–H and O–H groups in total. The number of hydrogen-bond donors (Lipinski definition) is 1. The number of nitrogens with zero attached hydrogens (tertiary/aromatic N) is 4. The van der Waals surface area contributed by atoms with E-state index in [1.54, 1.807) is 24.5 Å². The minimum atomic E-state index is -0.216. The predicted molar refractivity (Wildman–Crippen MR) is 111 cm³/mol. The average Bonchev–Trinajstić information content (AvgIpc) is 3.34. The number of nitrogens with one attached hydrogen (secondary N) is 1. The first-order valence-electron chi connectivity index (χ1n) is 9.02. The molecule has 29 heavy (non-hydrogen) atoms. The minimum absolute atomic E-state index is 0.216. The molecule has 0 aliphatic rings. The minimum Gasteiger partial charge on any atom is -0.361 e. The molecule has 1 aromatic carbocycles. The van der Waals surface area contributed by atoms with E-state index in [0.29, 0.717) is 22.0 Å². The summed E-state index contributed by atoms with van der Waals surface area (Å²) in [6, 6.07) is 14.9. The number of aryl methyl sites for hydroxylation is 2. The summed E-state index contributed by atoms with van der Waals surface area (Å²) >= 11 is 1.45. The molecular weight excluding hydrogens is 386 g/mol. The van der Waals surface area contributed by atoms with Crippen LogP contribution in [-0.2, 0) is 5.75 Å². The molecule has 0 saturated carbocycles. The SMILES string of the molecule is Cc1cc(CSc2ncccc2C(=O)Nc2cccc(-n3nccc3C)c2)no1. The highest BCUT2D eigenvalue weighted by molar-refractivity contribution is 7.98. The van der Waals surface area contributed by atoms with Gasteiger partial charge in [-0.25, -0.2) is 9.67 Å². The molecule has 0 spiro atoms. The number of anilines is 1. The van der Waals surface area contributed by atoms with Crippen LogP contribution in [0.5, 0.6) is 0 Å². The zero-order chi connectivity index (χ0) is 20.2. The maximum atomic E-state index is 12.9. The van der Waals surface area contributed by atoms with Crippen molar-refractivity contribution in [3.63, 3.8) is 0 Å². The maximum absolute atomic E-state index is 12.9. The zero-order valence-corrected chi connectivity index (χ0v) is 16.8. The van der Waals surface area contributed by atoms with Crippen LogP contribution in [0.3, 0.4) is 0 Å². The Balaban J connectivity index is 1.51. The molecule has 7 nitrogen and oxygen atoms in total. The van der Waals surface area contributed by atoms with Gasteiger partial charge in [0.25, 0.3) is 5.91 Å². The van der Waals surface area contributed by atoms with Crippen LogP contribution >= 0.6 is 11.8 Å². The van der Waals surface area contributed by atoms with Crippen molar-refractivity contribution in [1.82, 2.24) is 19.9 Å². The van der Waals surface area contributed by atoms with E-state index < -0.39 is 0 Å². The van der Waals surface area contributed by atoms with Crippen molar-refractivity contribution in [3.05, 3.63) is 83.6 Å². The fraction of sp³-hybridized carbons (Fsp3) is 0.143. The lowest BCUT2D eigenvalue weighted by Gasteiger charge is -2.10. The smallest absolute Gasteiger partial charge is 0.258 e. The molecule has 8 heteroatoms. The summed E-state index contributed by atoms with van der Waals surface area (Å²) in [4.78, 5) is 17.3. The second kappa shape index (κ2) is 8.32. The molecule has 0 radical (unpaired) electrons. The van der Waals surface area contributed by atoms with E-state index >= 15 is 0 Å². The Morgan fingerprint density at radius 2 is 2.03 bits per heavy atom. The second-order valence-electron chi connectivity index (χ2n) is 6.46. The molecule has 0 bridgehead atoms. The first-order chi connectivity index (χ1) is 14.1. The van der Waals surface area contributed by atoms with Crippen molar-refractivity contribution in [2.45, 2.75) is 24.6 Å². The third-order valence-electron chi connectivity index (χ3n) is 4.23. The summed E-state index contributed by atoms with van der Waals surface area (Å²) < 4.78 is 6.91. The van der Waals surface area contributed by atoms with E-state index in [4.69, 9.17) is 4.52 Å². The van der Waals surface area contributed by atoms with Crippen LogP contribution in [0.15, 0.2) is 70.5 Å². The van der Waals surface area contributed by atoms with Crippen LogP contribution < -0.4 is 5.32 Å². The molecule has 4 aromatic rings. The van der Waals surface area contributed by atoms with Crippen LogP contribution in [0.4, 0.5) is 5.69 Å². The number of thioether (sulfide) groups is 1. The second-order valence-corrected chi connectivity index (χ2v) is 7.43. The molecule has 0 saturated heterocycles. The molecule has 0 aliphatic heterocycles. The van der Waals surface area contributed by atoms with Crippen LogP contribution in [0, 0.1) is 13.8 Å². The lowest BCUT2D eigenvalue weighted by atomic mass is 10.2. The van der Waals surface area contributed by atoms with E-state index in [1.807, 2.05) is 54.9 Å². The van der Waals surface area contributed by atoms with Crippen molar-refractivity contribution < 1.29 is 9.32 Å². The number of rotatable bonds is 6. The van der Waals surface area contributed by atoms with E-state index in [-0.39, 0.29) is 5.91 Å². The van der Waals surface area contributed by atoms with Crippen molar-refractivity contribution in [1.29, 1.82) is 0 Å². The maximum Gasteiger partial charge on any atom is 0.258 e. The Labute approximate surface area is 172 Å². The van der Waals surface area contributed by atoms with Crippen LogP contribution in [0.2, 0.25) is 0 Å². The number of benzene rings is 1. The number of carbonyl (C=O) groups excluding carboxylic acids is 1.